The van der Waals surface area contributed by atoms with Crippen molar-refractivity contribution < 1.29 is 22.4 Å². The molecule has 2 rings (SSSR count). The summed E-state index contributed by atoms with van der Waals surface area (Å²) in [5.41, 5.74) is 0. The Bertz CT molecular complexity index is 533. The van der Waals surface area contributed by atoms with Gasteiger partial charge in [0.25, 0.3) is 0 Å². The van der Waals surface area contributed by atoms with Gasteiger partial charge in [0.15, 0.2) is 9.84 Å². The molecule has 1 fully saturated rings. The molecular weight excluding hydrogens is 258 g/mol. The van der Waals surface area contributed by atoms with E-state index in [0.717, 1.165) is 0 Å². The van der Waals surface area contributed by atoms with Crippen molar-refractivity contribution in [3.05, 3.63) is 23.7 Å². The predicted molar refractivity (Wildman–Crippen MR) is 63.9 cm³/mol. The molecule has 100 valence electrons. The molecule has 0 radical (unpaired) electrons. The van der Waals surface area contributed by atoms with Crippen LogP contribution in [0, 0.1) is 0 Å². The van der Waals surface area contributed by atoms with Crippen molar-refractivity contribution in [1.82, 2.24) is 5.32 Å². The molecule has 1 aliphatic heterocycles. The van der Waals surface area contributed by atoms with Gasteiger partial charge in [0.05, 0.1) is 25.2 Å². The van der Waals surface area contributed by atoms with E-state index in [1.807, 2.05) is 0 Å². The lowest BCUT2D eigenvalue weighted by Gasteiger charge is -2.08. The van der Waals surface area contributed by atoms with E-state index >= 15 is 0 Å². The maximum atomic E-state index is 11.3. The van der Waals surface area contributed by atoms with Crippen LogP contribution in [0.2, 0.25) is 0 Å². The van der Waals surface area contributed by atoms with Crippen LogP contribution in [0.15, 0.2) is 16.5 Å². The molecule has 1 aromatic heterocycles. The zero-order chi connectivity index (χ0) is 13.2. The average molecular weight is 273 g/mol. The topological polar surface area (TPSA) is 85.6 Å². The SMILES string of the molecule is COC(=O)c1ccc(CNC2CCS(=O)(=O)C2)o1. The van der Waals surface area contributed by atoms with E-state index in [1.165, 1.54) is 13.2 Å². The fraction of sp³-hybridized carbons (Fsp3) is 0.545. The standard InChI is InChI=1S/C11H15NO5S/c1-16-11(13)10-3-2-9(17-10)6-12-8-4-5-18(14,15)7-8/h2-3,8,12H,4-7H2,1H3. The number of methoxy groups -OCH3 is 1. The van der Waals surface area contributed by atoms with E-state index in [9.17, 15) is 13.2 Å². The zero-order valence-electron chi connectivity index (χ0n) is 10.0. The first-order valence-electron chi connectivity index (χ1n) is 5.61. The third kappa shape index (κ3) is 3.11. The lowest BCUT2D eigenvalue weighted by molar-refractivity contribution is 0.0563. The van der Waals surface area contributed by atoms with Gasteiger partial charge in [-0.3, -0.25) is 0 Å². The van der Waals surface area contributed by atoms with Gasteiger partial charge in [-0.05, 0) is 18.6 Å². The summed E-state index contributed by atoms with van der Waals surface area (Å²) in [7, 11) is -1.60. The van der Waals surface area contributed by atoms with Gasteiger partial charge in [0, 0.05) is 6.04 Å². The van der Waals surface area contributed by atoms with Gasteiger partial charge < -0.3 is 14.5 Å². The van der Waals surface area contributed by atoms with E-state index in [2.05, 4.69) is 10.1 Å². The minimum atomic E-state index is -2.88. The molecule has 0 saturated carbocycles. The summed E-state index contributed by atoms with van der Waals surface area (Å²) in [6.07, 6.45) is 0.618. The van der Waals surface area contributed by atoms with Gasteiger partial charge in [-0.15, -0.1) is 0 Å². The Kier molecular flexibility index (Phi) is 3.72. The molecule has 7 heteroatoms. The highest BCUT2D eigenvalue weighted by atomic mass is 32.2. The third-order valence-corrected chi connectivity index (χ3v) is 4.61. The molecule has 0 aliphatic carbocycles. The van der Waals surface area contributed by atoms with Gasteiger partial charge in [0.1, 0.15) is 5.76 Å². The Balaban J connectivity index is 1.87. The molecule has 2 heterocycles. The van der Waals surface area contributed by atoms with Crippen molar-refractivity contribution in [3.63, 3.8) is 0 Å². The van der Waals surface area contributed by atoms with Crippen molar-refractivity contribution in [2.45, 2.75) is 19.0 Å². The summed E-state index contributed by atoms with van der Waals surface area (Å²) < 4.78 is 32.3. The minimum absolute atomic E-state index is 0.0401. The van der Waals surface area contributed by atoms with Crippen LogP contribution in [-0.2, 0) is 21.1 Å². The molecule has 0 amide bonds. The Morgan fingerprint density at radius 2 is 2.33 bits per heavy atom. The molecule has 1 atom stereocenters. The Hall–Kier alpha value is -1.34. The molecule has 0 bridgehead atoms. The molecule has 0 spiro atoms. The summed E-state index contributed by atoms with van der Waals surface area (Å²) in [5.74, 6) is 0.603. The number of nitrogens with one attached hydrogen (secondary N) is 1. The van der Waals surface area contributed by atoms with E-state index in [-0.39, 0.29) is 23.3 Å². The van der Waals surface area contributed by atoms with Gasteiger partial charge >= 0.3 is 5.97 Å². The summed E-state index contributed by atoms with van der Waals surface area (Å²) in [4.78, 5) is 11.2. The average Bonchev–Trinajstić information content (AvgIpc) is 2.92. The molecule has 18 heavy (non-hydrogen) atoms. The molecule has 1 saturated heterocycles. The lowest BCUT2D eigenvalue weighted by atomic mass is 10.2. The quantitative estimate of drug-likeness (QED) is 0.796. The van der Waals surface area contributed by atoms with Crippen molar-refractivity contribution in [2.24, 2.45) is 0 Å². The number of furan rings is 1. The number of carbonyl (C=O) groups is 1. The maximum Gasteiger partial charge on any atom is 0.373 e. The normalized spacial score (nSPS) is 21.9. The number of hydrogen-bond donors (Lipinski definition) is 1. The lowest BCUT2D eigenvalue weighted by Crippen LogP contribution is -2.29. The molecular formula is C11H15NO5S. The van der Waals surface area contributed by atoms with Crippen LogP contribution in [0.5, 0.6) is 0 Å². The minimum Gasteiger partial charge on any atom is -0.463 e. The first-order chi connectivity index (χ1) is 8.50. The van der Waals surface area contributed by atoms with Crippen LogP contribution >= 0.6 is 0 Å². The van der Waals surface area contributed by atoms with Crippen molar-refractivity contribution >= 4 is 15.8 Å². The molecule has 1 N–H and O–H groups in total. The van der Waals surface area contributed by atoms with Crippen LogP contribution in [0.1, 0.15) is 22.7 Å². The van der Waals surface area contributed by atoms with Crippen LogP contribution in [0.3, 0.4) is 0 Å². The second-order valence-corrected chi connectivity index (χ2v) is 6.47. The first-order valence-corrected chi connectivity index (χ1v) is 7.43. The van der Waals surface area contributed by atoms with Gasteiger partial charge in [-0.1, -0.05) is 0 Å². The number of carbonyl (C=O) groups excluding carboxylic acids is 1. The molecule has 6 nitrogen and oxygen atoms in total. The number of rotatable bonds is 4. The second-order valence-electron chi connectivity index (χ2n) is 4.24. The van der Waals surface area contributed by atoms with E-state index in [0.29, 0.717) is 18.7 Å². The molecule has 1 aromatic rings. The number of esters is 1. The van der Waals surface area contributed by atoms with Crippen molar-refractivity contribution in [2.75, 3.05) is 18.6 Å². The van der Waals surface area contributed by atoms with Crippen LogP contribution < -0.4 is 5.32 Å². The van der Waals surface area contributed by atoms with Crippen molar-refractivity contribution in [1.29, 1.82) is 0 Å². The summed E-state index contributed by atoms with van der Waals surface area (Å²) in [6, 6.07) is 3.17. The van der Waals surface area contributed by atoms with Gasteiger partial charge in [-0.25, -0.2) is 13.2 Å². The van der Waals surface area contributed by atoms with Crippen molar-refractivity contribution in [3.8, 4) is 0 Å². The summed E-state index contributed by atoms with van der Waals surface area (Å²) in [5, 5.41) is 3.10. The Morgan fingerprint density at radius 1 is 1.56 bits per heavy atom. The van der Waals surface area contributed by atoms with E-state index in [1.54, 1.807) is 6.07 Å². The molecule has 0 aromatic carbocycles. The highest BCUT2D eigenvalue weighted by Crippen LogP contribution is 2.13. The highest BCUT2D eigenvalue weighted by molar-refractivity contribution is 7.91. The highest BCUT2D eigenvalue weighted by Gasteiger charge is 2.27. The van der Waals surface area contributed by atoms with E-state index in [4.69, 9.17) is 4.42 Å². The summed E-state index contributed by atoms with van der Waals surface area (Å²) in [6.45, 7) is 0.400. The second kappa shape index (κ2) is 5.11. The Morgan fingerprint density at radius 3 is 2.94 bits per heavy atom. The number of sulfone groups is 1. The Labute approximate surface area is 105 Å². The molecule has 1 aliphatic rings. The van der Waals surface area contributed by atoms with Gasteiger partial charge in [-0.2, -0.15) is 0 Å². The zero-order valence-corrected chi connectivity index (χ0v) is 10.8. The van der Waals surface area contributed by atoms with Crippen LogP contribution in [0.25, 0.3) is 0 Å². The number of ether oxygens (including phenoxy) is 1. The monoisotopic (exact) mass is 273 g/mol. The van der Waals surface area contributed by atoms with Crippen LogP contribution in [-0.4, -0.2) is 39.0 Å². The maximum absolute atomic E-state index is 11.3. The molecule has 1 unspecified atom stereocenters. The fourth-order valence-corrected chi connectivity index (χ4v) is 3.59. The van der Waals surface area contributed by atoms with E-state index < -0.39 is 15.8 Å². The third-order valence-electron chi connectivity index (χ3n) is 2.85. The fourth-order valence-electron chi connectivity index (χ4n) is 1.88. The summed E-state index contributed by atoms with van der Waals surface area (Å²) >= 11 is 0. The smallest absolute Gasteiger partial charge is 0.373 e. The number of hydrogen-bond acceptors (Lipinski definition) is 6. The largest absolute Gasteiger partial charge is 0.463 e. The predicted octanol–water partition coefficient (Wildman–Crippen LogP) is 0.343. The van der Waals surface area contributed by atoms with Gasteiger partial charge in [0.2, 0.25) is 5.76 Å². The first kappa shape index (κ1) is 13.1. The van der Waals surface area contributed by atoms with Crippen LogP contribution in [0.4, 0.5) is 0 Å².